The third-order valence-corrected chi connectivity index (χ3v) is 3.36. The van der Waals surface area contributed by atoms with Crippen molar-refractivity contribution in [3.63, 3.8) is 0 Å². The van der Waals surface area contributed by atoms with Gasteiger partial charge in [-0.05, 0) is 19.9 Å². The van der Waals surface area contributed by atoms with Crippen LogP contribution in [-0.4, -0.2) is 9.97 Å². The van der Waals surface area contributed by atoms with E-state index in [0.717, 1.165) is 22.5 Å². The zero-order chi connectivity index (χ0) is 13.9. The van der Waals surface area contributed by atoms with Gasteiger partial charge >= 0.3 is 0 Å². The minimum Gasteiger partial charge on any atom is -0.236 e. The predicted molar refractivity (Wildman–Crippen MR) is 82.4 cm³/mol. The zero-order valence-corrected chi connectivity index (χ0v) is 11.7. The summed E-state index contributed by atoms with van der Waals surface area (Å²) in [7, 11) is 0. The maximum absolute atomic E-state index is 4.37. The molecule has 0 N–H and O–H groups in total. The van der Waals surface area contributed by atoms with Gasteiger partial charge in [0.25, 0.3) is 0 Å². The molecule has 0 fully saturated rings. The first-order chi connectivity index (χ1) is 9.72. The van der Waals surface area contributed by atoms with Gasteiger partial charge in [0.05, 0.1) is 11.4 Å². The summed E-state index contributed by atoms with van der Waals surface area (Å²) in [5.74, 6) is 0. The highest BCUT2D eigenvalue weighted by Gasteiger charge is 2.04. The van der Waals surface area contributed by atoms with Crippen LogP contribution in [-0.2, 0) is 0 Å². The summed E-state index contributed by atoms with van der Waals surface area (Å²) in [4.78, 5) is 8.74. The van der Waals surface area contributed by atoms with Gasteiger partial charge < -0.3 is 0 Å². The van der Waals surface area contributed by atoms with E-state index in [9.17, 15) is 0 Å². The molecule has 3 aromatic rings. The van der Waals surface area contributed by atoms with Crippen molar-refractivity contribution < 1.29 is 0 Å². The summed E-state index contributed by atoms with van der Waals surface area (Å²) in [6, 6.07) is 18.8. The molecule has 98 valence electrons. The lowest BCUT2D eigenvalue weighted by atomic mass is 10.1. The fourth-order valence-electron chi connectivity index (χ4n) is 2.12. The molecule has 0 aliphatic carbocycles. The van der Waals surface area contributed by atoms with Gasteiger partial charge in [-0.2, -0.15) is 0 Å². The molecule has 0 unspecified atom stereocenters. The Morgan fingerprint density at radius 2 is 1.00 bits per heavy atom. The van der Waals surface area contributed by atoms with Crippen LogP contribution in [0.15, 0.2) is 60.9 Å². The molecule has 2 heteroatoms. The molecule has 0 atom stereocenters. The molecule has 0 spiro atoms. The number of nitrogens with zero attached hydrogens (tertiary/aromatic N) is 2. The van der Waals surface area contributed by atoms with Crippen molar-refractivity contribution in [3.8, 4) is 22.5 Å². The van der Waals surface area contributed by atoms with Crippen molar-refractivity contribution >= 4 is 0 Å². The van der Waals surface area contributed by atoms with Gasteiger partial charge in [0.2, 0.25) is 0 Å². The average Bonchev–Trinajstić information content (AvgIpc) is 2.49. The first kappa shape index (κ1) is 12.5. The summed E-state index contributed by atoms with van der Waals surface area (Å²) in [6.45, 7) is 4.17. The normalized spacial score (nSPS) is 10.5. The van der Waals surface area contributed by atoms with Crippen LogP contribution in [0.2, 0.25) is 0 Å². The highest BCUT2D eigenvalue weighted by Crippen LogP contribution is 2.23. The molecule has 0 aliphatic rings. The smallest absolute Gasteiger partial charge is 0.116 e. The summed E-state index contributed by atoms with van der Waals surface area (Å²) in [5.41, 5.74) is 6.65. The minimum atomic E-state index is 0.954. The maximum Gasteiger partial charge on any atom is 0.116 e. The van der Waals surface area contributed by atoms with Crippen LogP contribution in [0.5, 0.6) is 0 Å². The fraction of sp³-hybridized carbons (Fsp3) is 0.111. The number of aryl methyl sites for hydroxylation is 2. The molecule has 0 bridgehead atoms. The van der Waals surface area contributed by atoms with Gasteiger partial charge in [0.15, 0.2) is 0 Å². The van der Waals surface area contributed by atoms with Crippen molar-refractivity contribution in [2.75, 3.05) is 0 Å². The van der Waals surface area contributed by atoms with Gasteiger partial charge in [-0.1, -0.05) is 59.7 Å². The Hall–Kier alpha value is -2.48. The molecule has 0 radical (unpaired) electrons. The number of aromatic nitrogens is 2. The monoisotopic (exact) mass is 260 g/mol. The van der Waals surface area contributed by atoms with Gasteiger partial charge in [0, 0.05) is 11.1 Å². The van der Waals surface area contributed by atoms with Gasteiger partial charge in [-0.25, -0.2) is 9.97 Å². The molecule has 1 aromatic heterocycles. The molecule has 3 rings (SSSR count). The van der Waals surface area contributed by atoms with E-state index < -0.39 is 0 Å². The third-order valence-electron chi connectivity index (χ3n) is 3.36. The van der Waals surface area contributed by atoms with Crippen LogP contribution < -0.4 is 0 Å². The van der Waals surface area contributed by atoms with E-state index in [4.69, 9.17) is 0 Å². The molecule has 0 saturated carbocycles. The van der Waals surface area contributed by atoms with Crippen LogP contribution in [0.4, 0.5) is 0 Å². The Bertz CT molecular complexity index is 652. The number of hydrogen-bond acceptors (Lipinski definition) is 2. The second-order valence-electron chi connectivity index (χ2n) is 5.02. The van der Waals surface area contributed by atoms with Crippen molar-refractivity contribution in [1.82, 2.24) is 9.97 Å². The summed E-state index contributed by atoms with van der Waals surface area (Å²) >= 11 is 0. The SMILES string of the molecule is Cc1ccc(-c2cc(-c3ccc(C)cc3)ncn2)cc1. The Morgan fingerprint density at radius 1 is 0.600 bits per heavy atom. The second-order valence-corrected chi connectivity index (χ2v) is 5.02. The Kier molecular flexibility index (Phi) is 3.30. The van der Waals surface area contributed by atoms with Crippen LogP contribution in [0, 0.1) is 13.8 Å². The maximum atomic E-state index is 4.37. The Morgan fingerprint density at radius 3 is 1.40 bits per heavy atom. The van der Waals surface area contributed by atoms with Crippen LogP contribution in [0.1, 0.15) is 11.1 Å². The molecule has 0 amide bonds. The molecule has 2 nitrogen and oxygen atoms in total. The highest BCUT2D eigenvalue weighted by molar-refractivity contribution is 5.67. The van der Waals surface area contributed by atoms with Gasteiger partial charge in [-0.3, -0.25) is 0 Å². The Balaban J connectivity index is 2.01. The van der Waals surface area contributed by atoms with Crippen molar-refractivity contribution in [2.45, 2.75) is 13.8 Å². The lowest BCUT2D eigenvalue weighted by Crippen LogP contribution is -1.89. The van der Waals surface area contributed by atoms with E-state index >= 15 is 0 Å². The summed E-state index contributed by atoms with van der Waals surface area (Å²) in [5, 5.41) is 0. The number of hydrogen-bond donors (Lipinski definition) is 0. The van der Waals surface area contributed by atoms with E-state index in [-0.39, 0.29) is 0 Å². The van der Waals surface area contributed by atoms with E-state index in [0.29, 0.717) is 0 Å². The first-order valence-corrected chi connectivity index (χ1v) is 6.68. The summed E-state index contributed by atoms with van der Waals surface area (Å²) < 4.78 is 0. The molecule has 1 heterocycles. The molecular formula is C18H16N2. The fourth-order valence-corrected chi connectivity index (χ4v) is 2.12. The minimum absolute atomic E-state index is 0.954. The number of rotatable bonds is 2. The third kappa shape index (κ3) is 2.59. The lowest BCUT2D eigenvalue weighted by molar-refractivity contribution is 1.17. The molecule has 0 aliphatic heterocycles. The molecule has 20 heavy (non-hydrogen) atoms. The molecule has 0 saturated heterocycles. The van der Waals surface area contributed by atoms with Gasteiger partial charge in [0.1, 0.15) is 6.33 Å². The lowest BCUT2D eigenvalue weighted by Gasteiger charge is -2.05. The van der Waals surface area contributed by atoms with Crippen LogP contribution >= 0.6 is 0 Å². The quantitative estimate of drug-likeness (QED) is 0.681. The topological polar surface area (TPSA) is 25.8 Å². The zero-order valence-electron chi connectivity index (χ0n) is 11.7. The van der Waals surface area contributed by atoms with E-state index in [1.165, 1.54) is 11.1 Å². The number of benzene rings is 2. The van der Waals surface area contributed by atoms with E-state index in [1.54, 1.807) is 6.33 Å². The van der Waals surface area contributed by atoms with Crippen LogP contribution in [0.25, 0.3) is 22.5 Å². The van der Waals surface area contributed by atoms with E-state index in [1.807, 2.05) is 6.07 Å². The average molecular weight is 260 g/mol. The first-order valence-electron chi connectivity index (χ1n) is 6.68. The van der Waals surface area contributed by atoms with Crippen LogP contribution in [0.3, 0.4) is 0 Å². The van der Waals surface area contributed by atoms with Crippen molar-refractivity contribution in [2.24, 2.45) is 0 Å². The molecule has 2 aromatic carbocycles. The standard InChI is InChI=1S/C18H16N2/c1-13-3-7-15(8-4-13)17-11-18(20-12-19-17)16-9-5-14(2)6-10-16/h3-12H,1-2H3. The summed E-state index contributed by atoms with van der Waals surface area (Å²) in [6.07, 6.45) is 1.63. The highest BCUT2D eigenvalue weighted by atomic mass is 14.8. The van der Waals surface area contributed by atoms with Crippen molar-refractivity contribution in [1.29, 1.82) is 0 Å². The predicted octanol–water partition coefficient (Wildman–Crippen LogP) is 4.43. The van der Waals surface area contributed by atoms with Gasteiger partial charge in [-0.15, -0.1) is 0 Å². The van der Waals surface area contributed by atoms with E-state index in [2.05, 4.69) is 72.3 Å². The molecular weight excluding hydrogens is 244 g/mol. The Labute approximate surface area is 119 Å². The van der Waals surface area contributed by atoms with Crippen molar-refractivity contribution in [3.05, 3.63) is 72.1 Å². The second kappa shape index (κ2) is 5.25. The largest absolute Gasteiger partial charge is 0.236 e.